The predicted octanol–water partition coefficient (Wildman–Crippen LogP) is 7.89. The van der Waals surface area contributed by atoms with Crippen LogP contribution < -0.4 is 11.5 Å². The number of nitrogens with zero attached hydrogens (tertiary/aromatic N) is 8. The highest BCUT2D eigenvalue weighted by Crippen LogP contribution is 2.51. The lowest BCUT2D eigenvalue weighted by Gasteiger charge is -2.35. The van der Waals surface area contributed by atoms with E-state index in [1.165, 1.54) is 45.3 Å². The molecule has 2 fully saturated rings. The Hall–Kier alpha value is -4.01. The molecule has 0 amide bonds. The Morgan fingerprint density at radius 1 is 0.852 bits per heavy atom. The Kier molecular flexibility index (Phi) is 8.70. The van der Waals surface area contributed by atoms with Crippen molar-refractivity contribution in [3.63, 3.8) is 0 Å². The number of nitrogens with two attached hydrogens (primary N) is 2. The first kappa shape index (κ1) is 34.5. The Bertz CT molecular complexity index is 2670. The maximum atomic E-state index is 14.5. The number of hydrogen-bond acceptors (Lipinski definition) is 15. The molecule has 4 unspecified atom stereocenters. The van der Waals surface area contributed by atoms with Crippen LogP contribution in [0.25, 0.3) is 64.2 Å². The summed E-state index contributed by atoms with van der Waals surface area (Å²) in [4.78, 5) is 26.1. The zero-order valence-corrected chi connectivity index (χ0v) is 33.4. The molecule has 8 heterocycles. The minimum Gasteiger partial charge on any atom is -0.611 e. The van der Waals surface area contributed by atoms with Gasteiger partial charge in [0.25, 0.3) is 0 Å². The van der Waals surface area contributed by atoms with Crippen LogP contribution in [0.15, 0.2) is 68.5 Å². The van der Waals surface area contributed by atoms with Gasteiger partial charge in [0.15, 0.2) is 5.82 Å². The van der Waals surface area contributed by atoms with Crippen molar-refractivity contribution < 1.29 is 9.11 Å². The predicted molar refractivity (Wildman–Crippen MR) is 220 cm³/mol. The van der Waals surface area contributed by atoms with Crippen molar-refractivity contribution in [2.75, 3.05) is 11.5 Å². The van der Waals surface area contributed by atoms with Crippen LogP contribution >= 0.6 is 45.3 Å². The van der Waals surface area contributed by atoms with Crippen LogP contribution in [0.3, 0.4) is 0 Å². The molecule has 4 atom stereocenters. The number of fused-ring (bicyclic) bond motifs is 2. The number of pyridine rings is 3. The average molecular weight is 827 g/mol. The van der Waals surface area contributed by atoms with Gasteiger partial charge in [0, 0.05) is 75.4 Å². The standard InChI is InChI=1S/C36H30N10O2S6/c1-46-15-41-45-31(46)21-11-23(43-34-28(21)30(38)35(51-34)53(47)18-5-2-6-18)32-44-24(14-49-32)19-7-8-26(19)54(48)36-29(37)27-20(25-13-40-16-50-25)10-22(42-33(27)52-36)17-4-3-9-39-12-17/h3-4,9-16,18-19,26H,2,5-8,37-38H2,1H3. The van der Waals surface area contributed by atoms with Crippen molar-refractivity contribution in [1.82, 2.24) is 39.7 Å². The third kappa shape index (κ3) is 5.65. The van der Waals surface area contributed by atoms with Crippen LogP contribution in [-0.2, 0) is 29.4 Å². The van der Waals surface area contributed by atoms with E-state index in [0.717, 1.165) is 85.7 Å². The van der Waals surface area contributed by atoms with Gasteiger partial charge < -0.3 is 25.1 Å². The summed E-state index contributed by atoms with van der Waals surface area (Å²) in [5.74, 6) is 0.637. The van der Waals surface area contributed by atoms with Gasteiger partial charge in [0.05, 0.1) is 33.1 Å². The maximum Gasteiger partial charge on any atom is 0.232 e. The largest absolute Gasteiger partial charge is 0.611 e. The van der Waals surface area contributed by atoms with E-state index in [-0.39, 0.29) is 16.4 Å². The minimum atomic E-state index is -1.39. The zero-order chi connectivity index (χ0) is 36.7. The highest BCUT2D eigenvalue weighted by molar-refractivity contribution is 7.94. The van der Waals surface area contributed by atoms with Crippen LogP contribution in [0.2, 0.25) is 0 Å². The lowest BCUT2D eigenvalue weighted by molar-refractivity contribution is 0.404. The number of hydrogen-bond donors (Lipinski definition) is 2. The summed E-state index contributed by atoms with van der Waals surface area (Å²) in [5.41, 5.74) is 21.3. The van der Waals surface area contributed by atoms with E-state index >= 15 is 0 Å². The molecule has 0 saturated heterocycles. The van der Waals surface area contributed by atoms with Gasteiger partial charge in [-0.2, -0.15) is 0 Å². The van der Waals surface area contributed by atoms with Crippen LogP contribution in [0.1, 0.15) is 43.7 Å². The molecule has 2 saturated carbocycles. The molecule has 8 aromatic rings. The Morgan fingerprint density at radius 3 is 2.26 bits per heavy atom. The summed E-state index contributed by atoms with van der Waals surface area (Å²) >= 11 is 3.24. The van der Waals surface area contributed by atoms with Gasteiger partial charge in [-0.1, -0.05) is 22.7 Å². The van der Waals surface area contributed by atoms with Gasteiger partial charge in [-0.3, -0.25) is 9.97 Å². The number of rotatable bonds is 9. The van der Waals surface area contributed by atoms with Gasteiger partial charge >= 0.3 is 0 Å². The van der Waals surface area contributed by atoms with Crippen molar-refractivity contribution in [2.45, 2.75) is 56.9 Å². The van der Waals surface area contributed by atoms with Crippen LogP contribution in [-0.4, -0.2) is 59.3 Å². The Morgan fingerprint density at radius 2 is 1.61 bits per heavy atom. The molecule has 0 aromatic carbocycles. The third-order valence-electron chi connectivity index (χ3n) is 10.3. The molecule has 0 aliphatic heterocycles. The summed E-state index contributed by atoms with van der Waals surface area (Å²) in [6.07, 6.45) is 11.6. The van der Waals surface area contributed by atoms with E-state index in [9.17, 15) is 9.11 Å². The number of thiazole rings is 2. The van der Waals surface area contributed by atoms with Gasteiger partial charge in [0.1, 0.15) is 48.6 Å². The molecular weight excluding hydrogens is 797 g/mol. The van der Waals surface area contributed by atoms with E-state index in [4.69, 9.17) is 26.4 Å². The summed E-state index contributed by atoms with van der Waals surface area (Å²) < 4.78 is 31.1. The first-order valence-electron chi connectivity index (χ1n) is 17.2. The summed E-state index contributed by atoms with van der Waals surface area (Å²) in [5, 5.41) is 12.8. The second-order valence-corrected chi connectivity index (χ2v) is 20.9. The van der Waals surface area contributed by atoms with Gasteiger partial charge in [-0.25, -0.2) is 15.0 Å². The van der Waals surface area contributed by atoms with E-state index in [2.05, 4.69) is 25.5 Å². The number of anilines is 2. The molecule has 0 spiro atoms. The first-order valence-corrected chi connectivity index (χ1v) is 23.0. The maximum absolute atomic E-state index is 14.5. The molecule has 10 rings (SSSR count). The van der Waals surface area contributed by atoms with Crippen molar-refractivity contribution >= 4 is 99.5 Å². The fourth-order valence-electron chi connectivity index (χ4n) is 7.03. The average Bonchev–Trinajstić information content (AvgIpc) is 3.99. The molecule has 2 aliphatic carbocycles. The molecule has 8 aromatic heterocycles. The quantitative estimate of drug-likeness (QED) is 0.134. The Labute approximate surface area is 331 Å². The summed E-state index contributed by atoms with van der Waals surface area (Å²) in [6, 6.07) is 7.84. The van der Waals surface area contributed by atoms with E-state index in [0.29, 0.717) is 36.1 Å². The Balaban J connectivity index is 0.990. The molecule has 2 aliphatic rings. The van der Waals surface area contributed by atoms with Crippen LogP contribution in [0.5, 0.6) is 0 Å². The lowest BCUT2D eigenvalue weighted by Crippen LogP contribution is -2.37. The van der Waals surface area contributed by atoms with Gasteiger partial charge in [-0.15, -0.1) is 32.9 Å². The molecular formula is C36H30N10O2S6. The van der Waals surface area contributed by atoms with Crippen molar-refractivity contribution in [3.8, 4) is 43.8 Å². The number of nitrogen functional groups attached to an aromatic ring is 2. The molecule has 54 heavy (non-hydrogen) atoms. The highest BCUT2D eigenvalue weighted by atomic mass is 32.2. The molecule has 18 heteroatoms. The molecule has 4 N–H and O–H groups in total. The zero-order valence-electron chi connectivity index (χ0n) is 28.5. The van der Waals surface area contributed by atoms with E-state index in [1.807, 2.05) is 42.1 Å². The highest BCUT2D eigenvalue weighted by Gasteiger charge is 2.45. The number of aryl methyl sites for hydroxylation is 1. The molecule has 12 nitrogen and oxygen atoms in total. The molecule has 272 valence electrons. The van der Waals surface area contributed by atoms with Gasteiger partial charge in [-0.05, 0) is 56.4 Å². The third-order valence-corrected chi connectivity index (χ3v) is 18.6. The lowest BCUT2D eigenvalue weighted by atomic mass is 9.82. The van der Waals surface area contributed by atoms with Crippen LogP contribution in [0.4, 0.5) is 11.4 Å². The summed E-state index contributed by atoms with van der Waals surface area (Å²) in [7, 11) is 1.88. The molecule has 0 radical (unpaired) electrons. The van der Waals surface area contributed by atoms with Crippen LogP contribution in [0, 0.1) is 0 Å². The van der Waals surface area contributed by atoms with E-state index in [1.54, 1.807) is 24.2 Å². The second-order valence-electron chi connectivity index (χ2n) is 13.4. The summed E-state index contributed by atoms with van der Waals surface area (Å²) in [6.45, 7) is 0. The minimum absolute atomic E-state index is 0.00356. The fraction of sp³-hybridized carbons (Fsp3) is 0.250. The topological polar surface area (TPSA) is 193 Å². The first-order chi connectivity index (χ1) is 26.3. The van der Waals surface area contributed by atoms with Crippen molar-refractivity contribution in [1.29, 1.82) is 0 Å². The second kappa shape index (κ2) is 13.6. The fourth-order valence-corrected chi connectivity index (χ4v) is 15.0. The SMILES string of the molecule is Cn1cnnc1-c1cc(-c2nc(C3CCC3[S+]([O-])c3sc4nc(-c5cccnc5)cc(-c5cncs5)c4c3N)cs2)nc2sc([S+]([O-])C3CCC3)c(N)c12. The molecule has 0 bridgehead atoms. The smallest absolute Gasteiger partial charge is 0.232 e. The van der Waals surface area contributed by atoms with Gasteiger partial charge in [0.2, 0.25) is 8.42 Å². The van der Waals surface area contributed by atoms with E-state index < -0.39 is 22.4 Å². The number of thiophene rings is 2. The number of aromatic nitrogens is 8. The van der Waals surface area contributed by atoms with Crippen molar-refractivity contribution in [3.05, 3.63) is 65.8 Å². The monoisotopic (exact) mass is 826 g/mol. The normalized spacial score (nSPS) is 18.6. The van der Waals surface area contributed by atoms with Crippen molar-refractivity contribution in [2.24, 2.45) is 7.05 Å².